The molecule has 0 aliphatic carbocycles. The van der Waals surface area contributed by atoms with Crippen molar-refractivity contribution in [2.24, 2.45) is 0 Å². The minimum atomic E-state index is -5.02. The van der Waals surface area contributed by atoms with Gasteiger partial charge in [-0.25, -0.2) is 13.8 Å². The van der Waals surface area contributed by atoms with Crippen molar-refractivity contribution in [3.63, 3.8) is 0 Å². The molecule has 1 fully saturated rings. The van der Waals surface area contributed by atoms with Crippen LogP contribution in [-0.2, 0) is 11.0 Å². The number of rotatable bonds is 5. The summed E-state index contributed by atoms with van der Waals surface area (Å²) in [5.74, 6) is -2.34. The van der Waals surface area contributed by atoms with Crippen molar-refractivity contribution in [3.05, 3.63) is 48.1 Å². The van der Waals surface area contributed by atoms with Gasteiger partial charge in [-0.15, -0.1) is 0 Å². The molecule has 2 N–H and O–H groups in total. The van der Waals surface area contributed by atoms with Crippen molar-refractivity contribution in [3.8, 4) is 17.1 Å². The number of nitrogens with two attached hydrogens (primary N) is 1. The molecule has 0 radical (unpaired) electrons. The largest absolute Gasteiger partial charge is 0.467 e. The molecule has 5 rings (SSSR count). The average molecular weight is 579 g/mol. The minimum Gasteiger partial charge on any atom is -0.467 e. The van der Waals surface area contributed by atoms with Gasteiger partial charge in [-0.05, 0) is 37.6 Å². The fraction of sp³-hybridized carbons (Fsp3) is 0.308. The van der Waals surface area contributed by atoms with E-state index in [-0.39, 0.29) is 56.1 Å². The lowest BCUT2D eigenvalue weighted by Gasteiger charge is -2.32. The van der Waals surface area contributed by atoms with E-state index in [4.69, 9.17) is 10.5 Å². The number of carbonyl (C=O) groups excluding carboxylic acids is 1. The second kappa shape index (κ2) is 9.84. The predicted molar refractivity (Wildman–Crippen MR) is 142 cm³/mol. The highest BCUT2D eigenvalue weighted by molar-refractivity contribution is 7.22. The van der Waals surface area contributed by atoms with Crippen LogP contribution in [0.15, 0.2) is 30.9 Å². The Kier molecular flexibility index (Phi) is 6.76. The molecule has 2 aromatic heterocycles. The zero-order valence-electron chi connectivity index (χ0n) is 21.5. The van der Waals surface area contributed by atoms with Gasteiger partial charge in [-0.1, -0.05) is 17.9 Å². The number of carbonyl (C=O) groups is 1. The maximum Gasteiger partial charge on any atom is 0.417 e. The lowest BCUT2D eigenvalue weighted by atomic mass is 9.95. The number of likely N-dealkylation sites (N-methyl/N-ethyl adjacent to an activating group) is 1. The smallest absolute Gasteiger partial charge is 0.417 e. The van der Waals surface area contributed by atoms with Gasteiger partial charge in [0.25, 0.3) is 0 Å². The molecule has 4 aromatic rings. The van der Waals surface area contributed by atoms with Crippen LogP contribution in [-0.4, -0.2) is 58.5 Å². The summed E-state index contributed by atoms with van der Waals surface area (Å²) in [6.45, 7) is 5.70. The van der Waals surface area contributed by atoms with Gasteiger partial charge in [0, 0.05) is 36.1 Å². The van der Waals surface area contributed by atoms with E-state index < -0.39 is 34.5 Å². The Bertz CT molecular complexity index is 1670. The highest BCUT2D eigenvalue weighted by atomic mass is 32.1. The van der Waals surface area contributed by atoms with Crippen LogP contribution >= 0.6 is 11.3 Å². The summed E-state index contributed by atoms with van der Waals surface area (Å²) < 4.78 is 79.4. The first-order chi connectivity index (χ1) is 18.9. The molecule has 14 heteroatoms. The van der Waals surface area contributed by atoms with Crippen molar-refractivity contribution >= 4 is 49.3 Å². The Morgan fingerprint density at radius 2 is 1.98 bits per heavy atom. The molecule has 1 unspecified atom stereocenters. The number of methoxy groups -OCH3 is 1. The van der Waals surface area contributed by atoms with E-state index in [2.05, 4.69) is 21.5 Å². The van der Waals surface area contributed by atoms with E-state index in [1.807, 2.05) is 0 Å². The first-order valence-electron chi connectivity index (χ1n) is 12.0. The highest BCUT2D eigenvalue weighted by Crippen LogP contribution is 2.46. The molecule has 2 atom stereocenters. The Morgan fingerprint density at radius 1 is 1.25 bits per heavy atom. The molecule has 1 saturated heterocycles. The number of benzene rings is 2. The number of likely N-dealkylation sites (tertiary alicyclic amines) is 1. The summed E-state index contributed by atoms with van der Waals surface area (Å²) in [4.78, 5) is 27.8. The number of fused-ring (bicyclic) bond motifs is 2. The number of hydrogen-bond donors (Lipinski definition) is 1. The lowest BCUT2D eigenvalue weighted by molar-refractivity contribution is -0.137. The number of hydrogen-bond acceptors (Lipinski definition) is 8. The number of nitrogens with zero attached hydrogens (tertiary/aromatic N) is 5. The van der Waals surface area contributed by atoms with Crippen molar-refractivity contribution in [2.45, 2.75) is 31.6 Å². The molecule has 40 heavy (non-hydrogen) atoms. The van der Waals surface area contributed by atoms with E-state index in [1.165, 1.54) is 13.2 Å². The van der Waals surface area contributed by atoms with Crippen LogP contribution in [0.3, 0.4) is 0 Å². The molecule has 210 valence electrons. The SMILES string of the molecule is C=CC(=O)N1CCC(N(C)c2nc(OC)nc3c(F)c(-c4ccc(F)c5sc(N)nc45)c(C(F)(F)F)cc23)[C@H]1C. The molecule has 1 aliphatic rings. The van der Waals surface area contributed by atoms with Gasteiger partial charge in [0.1, 0.15) is 17.2 Å². The molecular weight excluding hydrogens is 555 g/mol. The lowest BCUT2D eigenvalue weighted by Crippen LogP contribution is -2.43. The first-order valence-corrected chi connectivity index (χ1v) is 12.8. The highest BCUT2D eigenvalue weighted by Gasteiger charge is 2.40. The number of aromatic nitrogens is 3. The summed E-state index contributed by atoms with van der Waals surface area (Å²) in [5.41, 5.74) is 2.64. The summed E-state index contributed by atoms with van der Waals surface area (Å²) in [7, 11) is 2.85. The Hall–Kier alpha value is -4.07. The normalized spacial score (nSPS) is 17.6. The number of amides is 1. The molecule has 2 aromatic carbocycles. The number of anilines is 2. The molecule has 8 nitrogen and oxygen atoms in total. The molecule has 1 amide bonds. The molecule has 0 spiro atoms. The van der Waals surface area contributed by atoms with Crippen LogP contribution in [0, 0.1) is 11.6 Å². The summed E-state index contributed by atoms with van der Waals surface area (Å²) in [5, 5.41) is -0.299. The van der Waals surface area contributed by atoms with Gasteiger partial charge in [0.15, 0.2) is 10.9 Å². The van der Waals surface area contributed by atoms with Gasteiger partial charge >= 0.3 is 12.2 Å². The van der Waals surface area contributed by atoms with E-state index in [0.717, 1.165) is 29.5 Å². The quantitative estimate of drug-likeness (QED) is 0.250. The van der Waals surface area contributed by atoms with Gasteiger partial charge in [0.2, 0.25) is 5.91 Å². The average Bonchev–Trinajstić information content (AvgIpc) is 3.50. The number of nitrogen functional groups attached to an aromatic ring is 1. The van der Waals surface area contributed by atoms with Crippen LogP contribution in [0.5, 0.6) is 6.01 Å². The minimum absolute atomic E-state index is 0.00953. The molecule has 0 saturated carbocycles. The number of ether oxygens (including phenoxy) is 1. The van der Waals surface area contributed by atoms with Gasteiger partial charge in [-0.2, -0.15) is 23.1 Å². The molecule has 3 heterocycles. The fourth-order valence-corrected chi connectivity index (χ4v) is 6.02. The second-order valence-corrected chi connectivity index (χ2v) is 10.3. The molecule has 0 bridgehead atoms. The monoisotopic (exact) mass is 578 g/mol. The molecule has 1 aliphatic heterocycles. The Morgan fingerprint density at radius 3 is 2.62 bits per heavy atom. The summed E-state index contributed by atoms with van der Waals surface area (Å²) in [6.07, 6.45) is -3.34. The fourth-order valence-electron chi connectivity index (χ4n) is 5.26. The van der Waals surface area contributed by atoms with Gasteiger partial charge in [-0.3, -0.25) is 4.79 Å². The van der Waals surface area contributed by atoms with Crippen molar-refractivity contribution < 1.29 is 31.5 Å². The summed E-state index contributed by atoms with van der Waals surface area (Å²) >= 11 is 0.742. The van der Waals surface area contributed by atoms with E-state index >= 15 is 4.39 Å². The first kappa shape index (κ1) is 27.5. The van der Waals surface area contributed by atoms with Crippen LogP contribution in [0.1, 0.15) is 18.9 Å². The van der Waals surface area contributed by atoms with Crippen LogP contribution in [0.2, 0.25) is 0 Å². The number of halogens is 5. The third-order valence-electron chi connectivity index (χ3n) is 7.16. The van der Waals surface area contributed by atoms with Gasteiger partial charge in [0.05, 0.1) is 28.9 Å². The van der Waals surface area contributed by atoms with Crippen molar-refractivity contribution in [1.29, 1.82) is 0 Å². The standard InChI is InChI=1S/C26H23F5N6O2S/c1-5-17(38)37-9-8-16(11(37)2)36(3)23-13-10-14(26(29,30)31)18(19(28)20(13)34-25(35-23)39-4)12-6-7-15(27)22-21(12)33-24(32)40-22/h5-7,10-11,16H,1,8-9H2,2-4H3,(H2,32,33)/t11-,16?/m1/s1. The van der Waals surface area contributed by atoms with E-state index in [0.29, 0.717) is 13.0 Å². The summed E-state index contributed by atoms with van der Waals surface area (Å²) in [6, 6.07) is 1.77. The zero-order valence-corrected chi connectivity index (χ0v) is 22.3. The third-order valence-corrected chi connectivity index (χ3v) is 8.06. The van der Waals surface area contributed by atoms with Gasteiger partial charge < -0.3 is 20.3 Å². The zero-order chi connectivity index (χ0) is 29.1. The maximum absolute atomic E-state index is 16.3. The molecular formula is C26H23F5N6O2S. The van der Waals surface area contributed by atoms with Crippen LogP contribution in [0.4, 0.5) is 32.9 Å². The maximum atomic E-state index is 16.3. The topological polar surface area (TPSA) is 97.5 Å². The number of thiazole rings is 1. The van der Waals surface area contributed by atoms with Crippen LogP contribution < -0.4 is 15.4 Å². The predicted octanol–water partition coefficient (Wildman–Crippen LogP) is 5.41. The second-order valence-electron chi connectivity index (χ2n) is 9.31. The van der Waals surface area contributed by atoms with Crippen molar-refractivity contribution in [1.82, 2.24) is 19.9 Å². The Labute approximate surface area is 228 Å². The van der Waals surface area contributed by atoms with Crippen molar-refractivity contribution in [2.75, 3.05) is 31.3 Å². The van der Waals surface area contributed by atoms with E-state index in [1.54, 1.807) is 23.8 Å². The third kappa shape index (κ3) is 4.35. The number of alkyl halides is 3. The Balaban J connectivity index is 1.78. The van der Waals surface area contributed by atoms with E-state index in [9.17, 15) is 22.4 Å². The van der Waals surface area contributed by atoms with Crippen LogP contribution in [0.25, 0.3) is 32.2 Å².